The third-order valence-corrected chi connectivity index (χ3v) is 18.1. The maximum Gasteiger partial charge on any atom is 0.143 e. The van der Waals surface area contributed by atoms with Crippen LogP contribution in [0.1, 0.15) is 33.7 Å². The maximum atomic E-state index is 6.74. The quantitative estimate of drug-likeness (QED) is 0.158. The first-order chi connectivity index (χ1) is 37.7. The summed E-state index contributed by atoms with van der Waals surface area (Å²) in [6.45, 7) is 0. The minimum atomic E-state index is -0.491. The summed E-state index contributed by atoms with van der Waals surface area (Å²) in [6.07, 6.45) is 2.71. The molecule has 3 aliphatic rings. The van der Waals surface area contributed by atoms with Gasteiger partial charge < -0.3 is 9.32 Å². The van der Waals surface area contributed by atoms with Gasteiger partial charge in [0.05, 0.1) is 5.41 Å². The van der Waals surface area contributed by atoms with Crippen LogP contribution in [0.25, 0.3) is 88.2 Å². The summed E-state index contributed by atoms with van der Waals surface area (Å²) in [5.74, 6) is 0.105. The molecule has 1 spiro atoms. The number of rotatable bonds is 7. The van der Waals surface area contributed by atoms with E-state index in [2.05, 4.69) is 278 Å². The molecular weight excluding hydrogens is 939 g/mol. The molecule has 76 heavy (non-hydrogen) atoms. The number of furan rings is 1. The van der Waals surface area contributed by atoms with Gasteiger partial charge in [0.25, 0.3) is 0 Å². The number of para-hydroxylation sites is 3. The van der Waals surface area contributed by atoms with Crippen LogP contribution in [0.5, 0.6) is 0 Å². The minimum Gasteiger partial charge on any atom is -0.455 e. The van der Waals surface area contributed by atoms with E-state index in [4.69, 9.17) is 4.42 Å². The molecular formula is C73H47NOS. The standard InChI is InChI=1S/C73H47NOS/c1-4-18-46(19-5-1)47-34-39-52(40-35-47)74(51-22-8-3-9-23-51)53-41-36-49(37-42-53)68-69-61-26-11-14-32-64(61)73(66(69)45-62-60-30-17-28-55(71(60)76-72(62)68)48-20-6-2-7-21-48)63-31-13-10-24-56(63)57-43-38-50(44-65(57)73)54-27-16-29-59-58-25-12-15-33-67(58)75-70(54)59/h1-45,66,69H. The molecule has 0 saturated carbocycles. The molecule has 11 aromatic carbocycles. The lowest BCUT2D eigenvalue weighted by molar-refractivity contribution is 0.496. The van der Waals surface area contributed by atoms with Crippen LogP contribution in [-0.2, 0) is 5.41 Å². The fourth-order valence-electron chi connectivity index (χ4n) is 13.6. The average Bonchev–Trinajstić information content (AvgIpc) is 4.26. The fourth-order valence-corrected chi connectivity index (χ4v) is 15.1. The molecule has 0 radical (unpaired) electrons. The van der Waals surface area contributed by atoms with Gasteiger partial charge in [-0.05, 0) is 126 Å². The highest BCUT2D eigenvalue weighted by Crippen LogP contribution is 2.67. The molecule has 2 nitrogen and oxygen atoms in total. The largest absolute Gasteiger partial charge is 0.455 e. The van der Waals surface area contributed by atoms with E-state index >= 15 is 0 Å². The van der Waals surface area contributed by atoms with Gasteiger partial charge in [0.2, 0.25) is 0 Å². The Hall–Kier alpha value is -9.28. The van der Waals surface area contributed by atoms with Crippen LogP contribution in [0.4, 0.5) is 17.1 Å². The van der Waals surface area contributed by atoms with Crippen LogP contribution in [0.15, 0.2) is 271 Å². The van der Waals surface area contributed by atoms with Gasteiger partial charge in [-0.25, -0.2) is 0 Å². The molecule has 0 N–H and O–H groups in total. The van der Waals surface area contributed by atoms with E-state index in [-0.39, 0.29) is 11.8 Å². The van der Waals surface area contributed by atoms with Crippen molar-refractivity contribution in [2.24, 2.45) is 5.92 Å². The second kappa shape index (κ2) is 16.9. The summed E-state index contributed by atoms with van der Waals surface area (Å²) in [4.78, 5) is 2.38. The average molecular weight is 986 g/mol. The van der Waals surface area contributed by atoms with Gasteiger partial charge in [-0.15, -0.1) is 11.3 Å². The topological polar surface area (TPSA) is 16.4 Å². The van der Waals surface area contributed by atoms with Crippen LogP contribution in [-0.4, -0.2) is 0 Å². The molecule has 0 bridgehead atoms. The van der Waals surface area contributed by atoms with Crippen molar-refractivity contribution >= 4 is 72.1 Å². The third kappa shape index (κ3) is 6.27. The third-order valence-electron chi connectivity index (χ3n) is 16.8. The normalized spacial score (nSPS) is 16.8. The summed E-state index contributed by atoms with van der Waals surface area (Å²) in [7, 11) is 0. The number of hydrogen-bond donors (Lipinski definition) is 0. The molecule has 3 unspecified atom stereocenters. The van der Waals surface area contributed by atoms with Crippen molar-refractivity contribution in [3.05, 3.63) is 304 Å². The highest BCUT2D eigenvalue weighted by Gasteiger charge is 2.59. The first-order valence-corrected chi connectivity index (χ1v) is 27.2. The molecule has 356 valence electrons. The Bertz CT molecular complexity index is 4570. The van der Waals surface area contributed by atoms with Gasteiger partial charge in [0.1, 0.15) is 11.2 Å². The van der Waals surface area contributed by atoms with Gasteiger partial charge in [-0.3, -0.25) is 0 Å². The van der Waals surface area contributed by atoms with Gasteiger partial charge >= 0.3 is 0 Å². The smallest absolute Gasteiger partial charge is 0.143 e. The van der Waals surface area contributed by atoms with E-state index in [9.17, 15) is 0 Å². The zero-order chi connectivity index (χ0) is 49.9. The molecule has 2 aromatic heterocycles. The van der Waals surface area contributed by atoms with Crippen molar-refractivity contribution in [3.8, 4) is 44.5 Å². The number of benzene rings is 11. The Labute approximate surface area is 445 Å². The Kier molecular flexibility index (Phi) is 9.58. The second-order valence-corrected chi connectivity index (χ2v) is 21.6. The van der Waals surface area contributed by atoms with Crippen molar-refractivity contribution in [2.75, 3.05) is 4.90 Å². The number of hydrogen-bond acceptors (Lipinski definition) is 3. The van der Waals surface area contributed by atoms with E-state index in [1.54, 1.807) is 0 Å². The monoisotopic (exact) mass is 985 g/mol. The van der Waals surface area contributed by atoms with Gasteiger partial charge in [-0.1, -0.05) is 224 Å². The van der Waals surface area contributed by atoms with Crippen molar-refractivity contribution in [1.82, 2.24) is 0 Å². The Morgan fingerprint density at radius 2 is 0.934 bits per heavy atom. The van der Waals surface area contributed by atoms with Gasteiger partial charge in [0, 0.05) is 59.9 Å². The molecule has 0 aliphatic heterocycles. The lowest BCUT2D eigenvalue weighted by Gasteiger charge is -2.37. The van der Waals surface area contributed by atoms with Crippen molar-refractivity contribution in [2.45, 2.75) is 11.3 Å². The minimum absolute atomic E-state index is 0.0499. The zero-order valence-electron chi connectivity index (χ0n) is 41.4. The van der Waals surface area contributed by atoms with Crippen LogP contribution in [0.2, 0.25) is 0 Å². The summed E-state index contributed by atoms with van der Waals surface area (Å²) >= 11 is 1.97. The molecule has 0 saturated heterocycles. The summed E-state index contributed by atoms with van der Waals surface area (Å²) in [5.41, 5.74) is 22.7. The first kappa shape index (κ1) is 43.2. The van der Waals surface area contributed by atoms with Crippen molar-refractivity contribution < 1.29 is 4.42 Å². The van der Waals surface area contributed by atoms with E-state index in [0.717, 1.165) is 44.6 Å². The Morgan fingerprint density at radius 3 is 1.71 bits per heavy atom. The Balaban J connectivity index is 0.928. The molecule has 3 heteroatoms. The maximum absolute atomic E-state index is 6.74. The highest BCUT2D eigenvalue weighted by atomic mass is 32.1. The van der Waals surface area contributed by atoms with Crippen molar-refractivity contribution in [1.29, 1.82) is 0 Å². The molecule has 13 aromatic rings. The lowest BCUT2D eigenvalue weighted by atomic mass is 9.64. The highest BCUT2D eigenvalue weighted by molar-refractivity contribution is 7.17. The van der Waals surface area contributed by atoms with E-state index in [1.165, 1.54) is 92.2 Å². The predicted octanol–water partition coefficient (Wildman–Crippen LogP) is 18.0. The molecule has 2 heterocycles. The fraction of sp³-hybridized carbons (Fsp3) is 0.0411. The molecule has 0 amide bonds. The van der Waals surface area contributed by atoms with Gasteiger partial charge in [-0.2, -0.15) is 0 Å². The number of thiophene rings is 1. The van der Waals surface area contributed by atoms with E-state index < -0.39 is 5.41 Å². The van der Waals surface area contributed by atoms with Crippen LogP contribution in [0, 0.1) is 5.92 Å². The van der Waals surface area contributed by atoms with E-state index in [0.29, 0.717) is 0 Å². The predicted molar refractivity (Wildman–Crippen MR) is 317 cm³/mol. The SMILES string of the molecule is C1=c2c(sc3c(-c4ccccc4)cccc23)=C(c2ccc(N(c3ccccc3)c3ccc(-c4ccccc4)cc3)cc2)C2c3ccccc3C3(c4ccccc4-c4ccc(-c5cccc6c5oc5ccccc56)cc43)C12. The number of nitrogens with zero attached hydrogens (tertiary/aromatic N) is 1. The molecule has 3 aliphatic carbocycles. The van der Waals surface area contributed by atoms with Crippen LogP contribution in [0.3, 0.4) is 0 Å². The number of anilines is 3. The summed E-state index contributed by atoms with van der Waals surface area (Å²) in [6, 6.07) is 98.7. The molecule has 3 atom stereocenters. The first-order valence-electron chi connectivity index (χ1n) is 26.4. The summed E-state index contributed by atoms with van der Waals surface area (Å²) < 4.78 is 9.42. The summed E-state index contributed by atoms with van der Waals surface area (Å²) in [5, 5.41) is 4.93. The Morgan fingerprint density at radius 1 is 0.382 bits per heavy atom. The van der Waals surface area contributed by atoms with E-state index in [1.807, 2.05) is 11.3 Å². The van der Waals surface area contributed by atoms with Crippen molar-refractivity contribution in [3.63, 3.8) is 0 Å². The molecule has 0 fully saturated rings. The van der Waals surface area contributed by atoms with Crippen LogP contribution >= 0.6 is 11.3 Å². The lowest BCUT2D eigenvalue weighted by Crippen LogP contribution is -2.39. The zero-order valence-corrected chi connectivity index (χ0v) is 42.2. The molecule has 16 rings (SSSR count). The van der Waals surface area contributed by atoms with Gasteiger partial charge in [0.15, 0.2) is 0 Å². The second-order valence-electron chi connectivity index (χ2n) is 20.6. The number of fused-ring (bicyclic) bond motifs is 16. The van der Waals surface area contributed by atoms with Crippen LogP contribution < -0.4 is 14.7 Å².